The van der Waals surface area contributed by atoms with E-state index in [0.29, 0.717) is 26.2 Å². The second-order valence-electron chi connectivity index (χ2n) is 5.84. The normalized spacial score (nSPS) is 15.7. The zero-order valence-electron chi connectivity index (χ0n) is 14.2. The lowest BCUT2D eigenvalue weighted by Gasteiger charge is -2.35. The van der Waals surface area contributed by atoms with Gasteiger partial charge in [-0.25, -0.2) is 8.42 Å². The van der Waals surface area contributed by atoms with Crippen LogP contribution in [-0.4, -0.2) is 50.9 Å². The van der Waals surface area contributed by atoms with E-state index in [2.05, 4.69) is 4.90 Å². The minimum Gasteiger partial charge on any atom is -0.497 e. The summed E-state index contributed by atoms with van der Waals surface area (Å²) in [6.07, 6.45) is 0. The zero-order chi connectivity index (χ0) is 18.7. The number of nitro groups is 1. The molecule has 1 aliphatic rings. The van der Waals surface area contributed by atoms with Crippen LogP contribution in [0.25, 0.3) is 0 Å². The van der Waals surface area contributed by atoms with Crippen molar-refractivity contribution in [2.75, 3.05) is 38.2 Å². The van der Waals surface area contributed by atoms with Gasteiger partial charge in [-0.05, 0) is 36.4 Å². The Labute approximate surface area is 151 Å². The van der Waals surface area contributed by atoms with Crippen molar-refractivity contribution < 1.29 is 18.1 Å². The number of non-ortho nitro benzene ring substituents is 1. The van der Waals surface area contributed by atoms with E-state index in [0.717, 1.165) is 11.4 Å². The van der Waals surface area contributed by atoms with Crippen molar-refractivity contribution >= 4 is 21.4 Å². The molecule has 2 aromatic rings. The Hall–Kier alpha value is -2.65. The second-order valence-corrected chi connectivity index (χ2v) is 7.78. The predicted octanol–water partition coefficient (Wildman–Crippen LogP) is 2.11. The van der Waals surface area contributed by atoms with Crippen LogP contribution in [-0.2, 0) is 10.0 Å². The van der Waals surface area contributed by atoms with Gasteiger partial charge in [0.25, 0.3) is 5.69 Å². The molecule has 8 nitrogen and oxygen atoms in total. The first-order chi connectivity index (χ1) is 12.4. The molecule has 0 radical (unpaired) electrons. The van der Waals surface area contributed by atoms with Gasteiger partial charge < -0.3 is 9.64 Å². The Bertz CT molecular complexity index is 874. The minimum atomic E-state index is -3.66. The smallest absolute Gasteiger partial charge is 0.269 e. The van der Waals surface area contributed by atoms with Crippen LogP contribution >= 0.6 is 0 Å². The molecule has 0 spiro atoms. The van der Waals surface area contributed by atoms with E-state index in [1.165, 1.54) is 28.6 Å². The van der Waals surface area contributed by atoms with Crippen LogP contribution < -0.4 is 9.64 Å². The summed E-state index contributed by atoms with van der Waals surface area (Å²) in [5.41, 5.74) is 0.881. The van der Waals surface area contributed by atoms with Gasteiger partial charge in [0.2, 0.25) is 10.0 Å². The number of benzene rings is 2. The van der Waals surface area contributed by atoms with E-state index < -0.39 is 14.9 Å². The molecule has 3 rings (SSSR count). The highest BCUT2D eigenvalue weighted by Crippen LogP contribution is 2.24. The summed E-state index contributed by atoms with van der Waals surface area (Å²) in [7, 11) is -2.05. The first kappa shape index (κ1) is 18.2. The van der Waals surface area contributed by atoms with E-state index in [1.54, 1.807) is 7.11 Å². The number of sulfonamides is 1. The number of hydrogen-bond acceptors (Lipinski definition) is 6. The molecule has 9 heteroatoms. The first-order valence-electron chi connectivity index (χ1n) is 8.05. The number of nitrogens with zero attached hydrogens (tertiary/aromatic N) is 3. The molecule has 0 aromatic heterocycles. The third kappa shape index (κ3) is 3.63. The van der Waals surface area contributed by atoms with Gasteiger partial charge in [0, 0.05) is 44.0 Å². The van der Waals surface area contributed by atoms with Crippen molar-refractivity contribution in [3.8, 4) is 5.75 Å². The average molecular weight is 377 g/mol. The Morgan fingerprint density at radius 3 is 2.04 bits per heavy atom. The Balaban J connectivity index is 1.68. The van der Waals surface area contributed by atoms with Gasteiger partial charge >= 0.3 is 0 Å². The lowest BCUT2D eigenvalue weighted by Crippen LogP contribution is -2.48. The summed E-state index contributed by atoms with van der Waals surface area (Å²) in [5.74, 6) is 0.771. The molecule has 0 atom stereocenters. The molecule has 0 unspecified atom stereocenters. The molecule has 1 aliphatic heterocycles. The van der Waals surface area contributed by atoms with Gasteiger partial charge in [0.15, 0.2) is 0 Å². The van der Waals surface area contributed by atoms with Gasteiger partial charge in [-0.2, -0.15) is 4.31 Å². The first-order valence-corrected chi connectivity index (χ1v) is 9.49. The molecular weight excluding hydrogens is 358 g/mol. The molecule has 26 heavy (non-hydrogen) atoms. The molecule has 1 heterocycles. The van der Waals surface area contributed by atoms with Crippen LogP contribution in [0.2, 0.25) is 0 Å². The highest BCUT2D eigenvalue weighted by Gasteiger charge is 2.29. The topological polar surface area (TPSA) is 93.0 Å². The van der Waals surface area contributed by atoms with E-state index in [-0.39, 0.29) is 10.6 Å². The number of piperazine rings is 1. The van der Waals surface area contributed by atoms with Crippen LogP contribution in [0, 0.1) is 10.1 Å². The van der Waals surface area contributed by atoms with Crippen LogP contribution in [0.3, 0.4) is 0 Å². The van der Waals surface area contributed by atoms with Crippen LogP contribution in [0.1, 0.15) is 0 Å². The molecule has 0 aliphatic carbocycles. The van der Waals surface area contributed by atoms with E-state index in [1.807, 2.05) is 24.3 Å². The number of anilines is 1. The molecule has 0 amide bonds. The maximum Gasteiger partial charge on any atom is 0.269 e. The third-order valence-corrected chi connectivity index (χ3v) is 6.27. The summed E-state index contributed by atoms with van der Waals surface area (Å²) in [6, 6.07) is 12.6. The molecule has 0 saturated carbocycles. The highest BCUT2D eigenvalue weighted by molar-refractivity contribution is 7.89. The Morgan fingerprint density at radius 2 is 1.54 bits per heavy atom. The summed E-state index contributed by atoms with van der Waals surface area (Å²) in [6.45, 7) is 1.84. The van der Waals surface area contributed by atoms with Gasteiger partial charge in [0.05, 0.1) is 16.9 Å². The minimum absolute atomic E-state index is 0.0704. The molecule has 0 bridgehead atoms. The number of methoxy groups -OCH3 is 1. The van der Waals surface area contributed by atoms with Gasteiger partial charge in [0.1, 0.15) is 5.75 Å². The maximum absolute atomic E-state index is 12.7. The summed E-state index contributed by atoms with van der Waals surface area (Å²) < 4.78 is 32.0. The SMILES string of the molecule is COc1ccc(N2CCN(S(=O)(=O)c3ccc([N+](=O)[O-])cc3)CC2)cc1. The Morgan fingerprint density at radius 1 is 0.962 bits per heavy atom. The fraction of sp³-hybridized carbons (Fsp3) is 0.294. The molecule has 1 saturated heterocycles. The van der Waals surface area contributed by atoms with Crippen LogP contribution in [0.15, 0.2) is 53.4 Å². The summed E-state index contributed by atoms with van der Waals surface area (Å²) in [5, 5.41) is 10.7. The standard InChI is InChI=1S/C17H19N3O5S/c1-25-16-6-2-14(3-7-16)18-10-12-19(13-11-18)26(23,24)17-8-4-15(5-9-17)20(21)22/h2-9H,10-13H2,1H3. The van der Waals surface area contributed by atoms with Gasteiger partial charge in [-0.15, -0.1) is 0 Å². The molecule has 1 fully saturated rings. The monoisotopic (exact) mass is 377 g/mol. The van der Waals surface area contributed by atoms with Crippen LogP contribution in [0.4, 0.5) is 11.4 Å². The van der Waals surface area contributed by atoms with Crippen molar-refractivity contribution in [3.05, 3.63) is 58.6 Å². The fourth-order valence-corrected chi connectivity index (χ4v) is 4.29. The highest BCUT2D eigenvalue weighted by atomic mass is 32.2. The average Bonchev–Trinajstić information content (AvgIpc) is 2.68. The van der Waals surface area contributed by atoms with Crippen molar-refractivity contribution in [3.63, 3.8) is 0 Å². The molecule has 0 N–H and O–H groups in total. The number of rotatable bonds is 5. The largest absolute Gasteiger partial charge is 0.497 e. The van der Waals surface area contributed by atoms with E-state index in [4.69, 9.17) is 4.74 Å². The Kier molecular flexibility index (Phi) is 5.10. The maximum atomic E-state index is 12.7. The van der Waals surface area contributed by atoms with Gasteiger partial charge in [-0.3, -0.25) is 10.1 Å². The fourth-order valence-electron chi connectivity index (χ4n) is 2.87. The van der Waals surface area contributed by atoms with Gasteiger partial charge in [-0.1, -0.05) is 0 Å². The van der Waals surface area contributed by atoms with Crippen molar-refractivity contribution in [1.82, 2.24) is 4.31 Å². The lowest BCUT2D eigenvalue weighted by molar-refractivity contribution is -0.384. The zero-order valence-corrected chi connectivity index (χ0v) is 15.1. The number of nitro benzene ring substituents is 1. The van der Waals surface area contributed by atoms with E-state index in [9.17, 15) is 18.5 Å². The molecule has 2 aromatic carbocycles. The van der Waals surface area contributed by atoms with Crippen molar-refractivity contribution in [2.45, 2.75) is 4.90 Å². The van der Waals surface area contributed by atoms with Crippen molar-refractivity contribution in [1.29, 1.82) is 0 Å². The van der Waals surface area contributed by atoms with Crippen LogP contribution in [0.5, 0.6) is 5.75 Å². The quantitative estimate of drug-likeness (QED) is 0.585. The second kappa shape index (κ2) is 7.30. The van der Waals surface area contributed by atoms with E-state index >= 15 is 0 Å². The lowest BCUT2D eigenvalue weighted by atomic mass is 10.2. The number of ether oxygens (including phenoxy) is 1. The molecule has 138 valence electrons. The third-order valence-electron chi connectivity index (χ3n) is 4.36. The number of hydrogen-bond donors (Lipinski definition) is 0. The summed E-state index contributed by atoms with van der Waals surface area (Å²) in [4.78, 5) is 12.3. The summed E-state index contributed by atoms with van der Waals surface area (Å²) >= 11 is 0. The molecular formula is C17H19N3O5S. The van der Waals surface area contributed by atoms with Crippen molar-refractivity contribution in [2.24, 2.45) is 0 Å². The predicted molar refractivity (Wildman–Crippen MR) is 97.1 cm³/mol.